The molecule has 0 atom stereocenters. The van der Waals surface area contributed by atoms with Gasteiger partial charge in [0.15, 0.2) is 0 Å². The van der Waals surface area contributed by atoms with Crippen LogP contribution in [0.5, 0.6) is 0 Å². The summed E-state index contributed by atoms with van der Waals surface area (Å²) >= 11 is 0. The van der Waals surface area contributed by atoms with E-state index in [9.17, 15) is 0 Å². The molecule has 0 amide bonds. The van der Waals surface area contributed by atoms with Gasteiger partial charge < -0.3 is 4.43 Å². The first kappa shape index (κ1) is 12.4. The fourth-order valence-corrected chi connectivity index (χ4v) is 3.36. The molecule has 19 heavy (non-hydrogen) atoms. The third-order valence-corrected chi connectivity index (χ3v) is 4.37. The molecule has 0 spiro atoms. The minimum absolute atomic E-state index is 0.536. The van der Waals surface area contributed by atoms with E-state index in [1.165, 1.54) is 27.1 Å². The fraction of sp³-hybridized carbons (Fsp3) is 0.176. The van der Waals surface area contributed by atoms with E-state index in [0.29, 0.717) is 9.76 Å². The van der Waals surface area contributed by atoms with Crippen LogP contribution in [-0.2, 0) is 10.5 Å². The van der Waals surface area contributed by atoms with Crippen LogP contribution in [0.3, 0.4) is 0 Å². The normalized spacial score (nSPS) is 11.2. The third-order valence-electron chi connectivity index (χ3n) is 3.38. The van der Waals surface area contributed by atoms with Gasteiger partial charge in [-0.1, -0.05) is 48.5 Å². The maximum atomic E-state index is 5.56. The zero-order chi connectivity index (χ0) is 13.1. The summed E-state index contributed by atoms with van der Waals surface area (Å²) in [6.45, 7) is 2.84. The van der Waals surface area contributed by atoms with Crippen LogP contribution in [-0.4, -0.2) is 16.4 Å². The maximum Gasteiger partial charge on any atom is 0.234 e. The molecule has 3 aromatic carbocycles. The summed E-state index contributed by atoms with van der Waals surface area (Å²) in [5.41, 5.74) is 1.42. The van der Waals surface area contributed by atoms with E-state index < -0.39 is 0 Å². The van der Waals surface area contributed by atoms with Crippen molar-refractivity contribution in [2.75, 3.05) is 6.61 Å². The van der Waals surface area contributed by atoms with Gasteiger partial charge in [0.25, 0.3) is 0 Å². The summed E-state index contributed by atoms with van der Waals surface area (Å²) in [6, 6.07) is 20.5. The Hall–Kier alpha value is -1.64. The molecule has 0 heterocycles. The molecule has 0 unspecified atom stereocenters. The molecule has 3 rings (SSSR count). The van der Waals surface area contributed by atoms with Gasteiger partial charge in [-0.05, 0) is 46.1 Å². The molecule has 3 aromatic rings. The maximum absolute atomic E-state index is 5.56. The van der Waals surface area contributed by atoms with Crippen molar-refractivity contribution >= 4 is 31.3 Å². The zero-order valence-corrected chi connectivity index (χ0v) is 12.0. The molecule has 1 nitrogen and oxygen atoms in total. The Bertz CT molecular complexity index is 652. The van der Waals surface area contributed by atoms with Crippen molar-refractivity contribution in [1.82, 2.24) is 0 Å². The highest BCUT2D eigenvalue weighted by molar-refractivity contribution is 6.28. The monoisotopic (exact) mass is 264 g/mol. The van der Waals surface area contributed by atoms with Crippen molar-refractivity contribution in [2.24, 2.45) is 0 Å². The quantitative estimate of drug-likeness (QED) is 0.391. The highest BCUT2D eigenvalue weighted by Gasteiger charge is 2.07. The van der Waals surface area contributed by atoms with E-state index >= 15 is 0 Å². The molecule has 0 N–H and O–H groups in total. The molecule has 0 saturated carbocycles. The van der Waals surface area contributed by atoms with E-state index in [0.717, 1.165) is 12.7 Å². The van der Waals surface area contributed by atoms with Gasteiger partial charge in [-0.3, -0.25) is 0 Å². The Kier molecular flexibility index (Phi) is 3.62. The minimum atomic E-state index is 0.536. The Labute approximate surface area is 116 Å². The molecule has 0 saturated heterocycles. The summed E-state index contributed by atoms with van der Waals surface area (Å²) in [5, 5.41) is 5.34. The lowest BCUT2D eigenvalue weighted by Gasteiger charge is -2.10. The number of hydrogen-bond acceptors (Lipinski definition) is 1. The number of benzene rings is 3. The minimum Gasteiger partial charge on any atom is -0.417 e. The van der Waals surface area contributed by atoms with E-state index in [-0.39, 0.29) is 0 Å². The molecule has 0 fully saturated rings. The Morgan fingerprint density at radius 3 is 2.05 bits per heavy atom. The summed E-state index contributed by atoms with van der Waals surface area (Å²) in [6.07, 6.45) is 0. The second kappa shape index (κ2) is 5.55. The first-order valence-corrected chi connectivity index (χ1v) is 7.75. The predicted molar refractivity (Wildman–Crippen MR) is 82.5 cm³/mol. The standard InChI is InChI=1S/C17H16OSi/c1-2-18-19-12-17-15-9-5-3-7-13(15)11-14-8-4-6-10-16(14)17/h3-11H,2,12H2,1H3. The van der Waals surface area contributed by atoms with Crippen LogP contribution in [0.1, 0.15) is 12.5 Å². The summed E-state index contributed by atoms with van der Waals surface area (Å²) < 4.78 is 5.56. The second-order valence-electron chi connectivity index (χ2n) is 4.55. The lowest BCUT2D eigenvalue weighted by Crippen LogP contribution is -2.03. The van der Waals surface area contributed by atoms with Gasteiger partial charge in [0.05, 0.1) is 0 Å². The smallest absolute Gasteiger partial charge is 0.234 e. The molecular formula is C17H16OSi. The van der Waals surface area contributed by atoms with E-state index in [4.69, 9.17) is 4.43 Å². The van der Waals surface area contributed by atoms with Gasteiger partial charge in [-0.15, -0.1) is 0 Å². The largest absolute Gasteiger partial charge is 0.417 e. The van der Waals surface area contributed by atoms with Crippen molar-refractivity contribution in [3.63, 3.8) is 0 Å². The molecule has 2 heteroatoms. The van der Waals surface area contributed by atoms with Gasteiger partial charge in [-0.25, -0.2) is 0 Å². The summed E-state index contributed by atoms with van der Waals surface area (Å²) in [5.74, 6) is 0. The van der Waals surface area contributed by atoms with Crippen molar-refractivity contribution < 1.29 is 4.43 Å². The summed E-state index contributed by atoms with van der Waals surface area (Å²) in [7, 11) is 0.536. The fourth-order valence-electron chi connectivity index (χ4n) is 2.52. The Morgan fingerprint density at radius 2 is 1.47 bits per heavy atom. The predicted octanol–water partition coefficient (Wildman–Crippen LogP) is 4.15. The lowest BCUT2D eigenvalue weighted by atomic mass is 9.98. The highest BCUT2D eigenvalue weighted by atomic mass is 28.2. The summed E-state index contributed by atoms with van der Waals surface area (Å²) in [4.78, 5) is 0. The number of fused-ring (bicyclic) bond motifs is 2. The molecule has 94 valence electrons. The van der Waals surface area contributed by atoms with Crippen LogP contribution in [0.25, 0.3) is 21.5 Å². The highest BCUT2D eigenvalue weighted by Crippen LogP contribution is 2.28. The molecule has 2 radical (unpaired) electrons. The van der Waals surface area contributed by atoms with E-state index in [2.05, 4.69) is 54.6 Å². The van der Waals surface area contributed by atoms with Crippen LogP contribution in [0.15, 0.2) is 54.6 Å². The first-order valence-electron chi connectivity index (χ1n) is 6.64. The van der Waals surface area contributed by atoms with Crippen molar-refractivity contribution in [3.8, 4) is 0 Å². The van der Waals surface area contributed by atoms with Crippen molar-refractivity contribution in [1.29, 1.82) is 0 Å². The third kappa shape index (κ3) is 2.42. The first-order chi connectivity index (χ1) is 9.40. The molecule has 0 aliphatic carbocycles. The number of rotatable bonds is 4. The van der Waals surface area contributed by atoms with Crippen molar-refractivity contribution in [2.45, 2.75) is 13.0 Å². The van der Waals surface area contributed by atoms with Crippen LogP contribution < -0.4 is 0 Å². The van der Waals surface area contributed by atoms with Crippen LogP contribution in [0, 0.1) is 0 Å². The van der Waals surface area contributed by atoms with Gasteiger partial charge >= 0.3 is 0 Å². The van der Waals surface area contributed by atoms with Crippen LogP contribution in [0.2, 0.25) is 0 Å². The SMILES string of the molecule is CCO[Si]Cc1c2ccccc2cc2ccccc12. The molecule has 0 aromatic heterocycles. The van der Waals surface area contributed by atoms with Gasteiger partial charge in [0.2, 0.25) is 9.76 Å². The molecular weight excluding hydrogens is 248 g/mol. The lowest BCUT2D eigenvalue weighted by molar-refractivity contribution is 0.360. The Morgan fingerprint density at radius 1 is 0.895 bits per heavy atom. The molecule has 0 aliphatic heterocycles. The van der Waals surface area contributed by atoms with E-state index in [1.807, 2.05) is 6.92 Å². The van der Waals surface area contributed by atoms with Gasteiger partial charge in [0, 0.05) is 6.61 Å². The van der Waals surface area contributed by atoms with Crippen LogP contribution >= 0.6 is 0 Å². The van der Waals surface area contributed by atoms with Gasteiger partial charge in [-0.2, -0.15) is 0 Å². The van der Waals surface area contributed by atoms with Crippen molar-refractivity contribution in [3.05, 3.63) is 60.2 Å². The average molecular weight is 264 g/mol. The topological polar surface area (TPSA) is 9.23 Å². The Balaban J connectivity index is 2.21. The van der Waals surface area contributed by atoms with E-state index in [1.54, 1.807) is 0 Å². The second-order valence-corrected chi connectivity index (χ2v) is 5.48. The number of hydrogen-bond donors (Lipinski definition) is 0. The average Bonchev–Trinajstić information content (AvgIpc) is 2.46. The van der Waals surface area contributed by atoms with Gasteiger partial charge in [0.1, 0.15) is 0 Å². The van der Waals surface area contributed by atoms with Crippen LogP contribution in [0.4, 0.5) is 0 Å². The molecule has 0 bridgehead atoms. The molecule has 0 aliphatic rings. The zero-order valence-electron chi connectivity index (χ0n) is 11.0.